The van der Waals surface area contributed by atoms with Crippen LogP contribution in [0.25, 0.3) is 0 Å². The average molecular weight is 405 g/mol. The normalized spacial score (nSPS) is 17.9. The molecule has 152 valence electrons. The Morgan fingerprint density at radius 1 is 1.32 bits per heavy atom. The number of nitrogens with one attached hydrogen (secondary N) is 2. The molecule has 0 bridgehead atoms. The van der Waals surface area contributed by atoms with E-state index in [0.717, 1.165) is 24.1 Å². The lowest BCUT2D eigenvalue weighted by Gasteiger charge is -2.32. The second-order valence-electron chi connectivity index (χ2n) is 7.79. The van der Waals surface area contributed by atoms with Crippen molar-refractivity contribution in [3.8, 4) is 0 Å². The fourth-order valence-electron chi connectivity index (χ4n) is 3.35. The fraction of sp³-hybridized carbons (Fsp3) is 0.500. The van der Waals surface area contributed by atoms with Gasteiger partial charge in [-0.2, -0.15) is 5.10 Å². The number of H-pyrrole nitrogens is 1. The number of carbonyl (C=O) groups excluding carboxylic acids is 1. The third kappa shape index (κ3) is 4.80. The number of carbonyl (C=O) groups is 1. The van der Waals surface area contributed by atoms with E-state index in [0.29, 0.717) is 25.3 Å². The molecule has 0 radical (unpaired) electrons. The summed E-state index contributed by atoms with van der Waals surface area (Å²) < 4.78 is 27.7. The van der Waals surface area contributed by atoms with E-state index in [1.807, 2.05) is 20.8 Å². The molecular weight excluding hydrogens is 376 g/mol. The highest BCUT2D eigenvalue weighted by atomic mass is 32.2. The number of rotatable bonds is 6. The number of hydrogen-bond acceptors (Lipinski definition) is 4. The van der Waals surface area contributed by atoms with Crippen molar-refractivity contribution < 1.29 is 13.2 Å². The first kappa shape index (κ1) is 20.5. The largest absolute Gasteiger partial charge is 0.337 e. The van der Waals surface area contributed by atoms with E-state index < -0.39 is 10.0 Å². The minimum Gasteiger partial charge on any atom is -0.337 e. The topological polar surface area (TPSA) is 95.2 Å². The second kappa shape index (κ2) is 8.45. The standard InChI is InChI=1S/C20H28N4O3S/c1-14(2)18-11-19(23-22-18)20(25)24-10-4-5-16(13-24)12-21-28(26,27)17-8-6-15(3)7-9-17/h6-9,11,14,16,21H,4-5,10,12-13H2,1-3H3,(H,22,23). The van der Waals surface area contributed by atoms with E-state index in [1.165, 1.54) is 0 Å². The molecule has 1 unspecified atom stereocenters. The molecule has 1 saturated heterocycles. The van der Waals surface area contributed by atoms with Crippen LogP contribution < -0.4 is 4.72 Å². The van der Waals surface area contributed by atoms with Crippen LogP contribution in [-0.4, -0.2) is 49.1 Å². The monoisotopic (exact) mass is 404 g/mol. The van der Waals surface area contributed by atoms with Crippen molar-refractivity contribution in [2.45, 2.75) is 44.4 Å². The molecule has 1 aromatic heterocycles. The zero-order valence-corrected chi connectivity index (χ0v) is 17.4. The lowest BCUT2D eigenvalue weighted by molar-refractivity contribution is 0.0670. The minimum absolute atomic E-state index is 0.0847. The predicted molar refractivity (Wildman–Crippen MR) is 108 cm³/mol. The van der Waals surface area contributed by atoms with Crippen LogP contribution in [0.15, 0.2) is 35.2 Å². The molecule has 1 atom stereocenters. The number of benzene rings is 1. The number of aryl methyl sites for hydroxylation is 1. The van der Waals surface area contributed by atoms with Gasteiger partial charge in [-0.1, -0.05) is 31.5 Å². The molecule has 0 spiro atoms. The van der Waals surface area contributed by atoms with E-state index in [9.17, 15) is 13.2 Å². The smallest absolute Gasteiger partial charge is 0.274 e. The summed E-state index contributed by atoms with van der Waals surface area (Å²) in [6.45, 7) is 7.51. The number of likely N-dealkylation sites (tertiary alicyclic amines) is 1. The van der Waals surface area contributed by atoms with Crippen LogP contribution in [0, 0.1) is 12.8 Å². The summed E-state index contributed by atoms with van der Waals surface area (Å²) in [6.07, 6.45) is 1.74. The molecule has 7 nitrogen and oxygen atoms in total. The molecule has 1 fully saturated rings. The number of nitrogens with zero attached hydrogens (tertiary/aromatic N) is 2. The van der Waals surface area contributed by atoms with Gasteiger partial charge in [0.05, 0.1) is 4.90 Å². The highest BCUT2D eigenvalue weighted by molar-refractivity contribution is 7.89. The summed E-state index contributed by atoms with van der Waals surface area (Å²) in [5.74, 6) is 0.259. The zero-order valence-electron chi connectivity index (χ0n) is 16.6. The molecule has 28 heavy (non-hydrogen) atoms. The van der Waals surface area contributed by atoms with Crippen LogP contribution in [-0.2, 0) is 10.0 Å². The van der Waals surface area contributed by atoms with E-state index in [1.54, 1.807) is 35.2 Å². The fourth-order valence-corrected chi connectivity index (χ4v) is 4.46. The zero-order chi connectivity index (χ0) is 20.3. The lowest BCUT2D eigenvalue weighted by atomic mass is 9.98. The van der Waals surface area contributed by atoms with Gasteiger partial charge in [0, 0.05) is 25.3 Å². The Bertz CT molecular complexity index is 919. The summed E-state index contributed by atoms with van der Waals surface area (Å²) in [4.78, 5) is 14.8. The van der Waals surface area contributed by atoms with Crippen LogP contribution in [0.4, 0.5) is 0 Å². The molecule has 1 aliphatic rings. The lowest BCUT2D eigenvalue weighted by Crippen LogP contribution is -2.43. The highest BCUT2D eigenvalue weighted by Crippen LogP contribution is 2.20. The van der Waals surface area contributed by atoms with E-state index in [4.69, 9.17) is 0 Å². The highest BCUT2D eigenvalue weighted by Gasteiger charge is 2.27. The van der Waals surface area contributed by atoms with E-state index >= 15 is 0 Å². The maximum atomic E-state index is 12.7. The van der Waals surface area contributed by atoms with Gasteiger partial charge in [0.1, 0.15) is 5.69 Å². The third-order valence-electron chi connectivity index (χ3n) is 5.14. The molecule has 1 aromatic carbocycles. The number of hydrogen-bond donors (Lipinski definition) is 2. The van der Waals surface area contributed by atoms with Gasteiger partial charge in [-0.05, 0) is 49.8 Å². The molecule has 3 rings (SSSR count). The van der Waals surface area contributed by atoms with E-state index in [2.05, 4.69) is 14.9 Å². The first-order valence-electron chi connectivity index (χ1n) is 9.67. The van der Waals surface area contributed by atoms with Crippen molar-refractivity contribution in [2.75, 3.05) is 19.6 Å². The van der Waals surface area contributed by atoms with Crippen molar-refractivity contribution in [1.82, 2.24) is 19.8 Å². The molecular formula is C20H28N4O3S. The second-order valence-corrected chi connectivity index (χ2v) is 9.55. The summed E-state index contributed by atoms with van der Waals surface area (Å²) in [7, 11) is -3.54. The van der Waals surface area contributed by atoms with Gasteiger partial charge >= 0.3 is 0 Å². The Hall–Kier alpha value is -2.19. The van der Waals surface area contributed by atoms with Crippen LogP contribution in [0.5, 0.6) is 0 Å². The van der Waals surface area contributed by atoms with Gasteiger partial charge in [-0.25, -0.2) is 13.1 Å². The van der Waals surface area contributed by atoms with Crippen LogP contribution in [0.2, 0.25) is 0 Å². The van der Waals surface area contributed by atoms with Crippen LogP contribution in [0.1, 0.15) is 54.4 Å². The molecule has 1 aliphatic heterocycles. The number of amides is 1. The molecule has 0 saturated carbocycles. The Morgan fingerprint density at radius 3 is 2.68 bits per heavy atom. The first-order chi connectivity index (χ1) is 13.3. The third-order valence-corrected chi connectivity index (χ3v) is 6.58. The predicted octanol–water partition coefficient (Wildman–Crippen LogP) is 2.67. The van der Waals surface area contributed by atoms with Gasteiger partial charge in [0.25, 0.3) is 5.91 Å². The van der Waals surface area contributed by atoms with Crippen molar-refractivity contribution in [3.63, 3.8) is 0 Å². The molecule has 2 aromatic rings. The van der Waals surface area contributed by atoms with E-state index in [-0.39, 0.29) is 22.6 Å². The van der Waals surface area contributed by atoms with Crippen molar-refractivity contribution in [3.05, 3.63) is 47.3 Å². The van der Waals surface area contributed by atoms with Crippen molar-refractivity contribution in [2.24, 2.45) is 5.92 Å². The minimum atomic E-state index is -3.54. The Labute approximate surface area is 166 Å². The SMILES string of the molecule is Cc1ccc(S(=O)(=O)NCC2CCCN(C(=O)c3cc(C(C)C)[nH]n3)C2)cc1. The summed E-state index contributed by atoms with van der Waals surface area (Å²) in [6, 6.07) is 8.59. The molecule has 2 heterocycles. The molecule has 1 amide bonds. The first-order valence-corrected chi connectivity index (χ1v) is 11.2. The van der Waals surface area contributed by atoms with Gasteiger partial charge in [-0.15, -0.1) is 0 Å². The summed E-state index contributed by atoms with van der Waals surface area (Å²) in [5, 5.41) is 7.06. The summed E-state index contributed by atoms with van der Waals surface area (Å²) >= 11 is 0. The molecule has 2 N–H and O–H groups in total. The average Bonchev–Trinajstić information content (AvgIpc) is 3.17. The van der Waals surface area contributed by atoms with Crippen molar-refractivity contribution >= 4 is 15.9 Å². The summed E-state index contributed by atoms with van der Waals surface area (Å²) in [5.41, 5.74) is 2.37. The van der Waals surface area contributed by atoms with Crippen LogP contribution in [0.3, 0.4) is 0 Å². The number of piperidine rings is 1. The number of sulfonamides is 1. The Morgan fingerprint density at radius 2 is 2.04 bits per heavy atom. The Balaban J connectivity index is 1.60. The van der Waals surface area contributed by atoms with Crippen LogP contribution >= 0.6 is 0 Å². The van der Waals surface area contributed by atoms with Gasteiger partial charge in [0.15, 0.2) is 0 Å². The van der Waals surface area contributed by atoms with Crippen molar-refractivity contribution in [1.29, 1.82) is 0 Å². The Kier molecular flexibility index (Phi) is 6.20. The molecule has 8 heteroatoms. The van der Waals surface area contributed by atoms with Gasteiger partial charge < -0.3 is 4.90 Å². The quantitative estimate of drug-likeness (QED) is 0.774. The molecule has 0 aliphatic carbocycles. The number of aromatic nitrogens is 2. The van der Waals surface area contributed by atoms with Gasteiger partial charge in [0.2, 0.25) is 10.0 Å². The van der Waals surface area contributed by atoms with Gasteiger partial charge in [-0.3, -0.25) is 9.89 Å². The maximum Gasteiger partial charge on any atom is 0.274 e. The maximum absolute atomic E-state index is 12.7. The number of aromatic amines is 1.